The van der Waals surface area contributed by atoms with Gasteiger partial charge in [-0.1, -0.05) is 13.8 Å². The zero-order valence-corrected chi connectivity index (χ0v) is 10.00. The Balaban J connectivity index is 2.47. The van der Waals surface area contributed by atoms with Crippen LogP contribution >= 0.6 is 11.8 Å². The summed E-state index contributed by atoms with van der Waals surface area (Å²) in [5.41, 5.74) is 7.09. The van der Waals surface area contributed by atoms with Crippen molar-refractivity contribution in [2.45, 2.75) is 20.0 Å². The zero-order chi connectivity index (χ0) is 11.3. The first-order valence-corrected chi connectivity index (χ1v) is 6.22. The van der Waals surface area contributed by atoms with Gasteiger partial charge >= 0.3 is 0 Å². The van der Waals surface area contributed by atoms with Crippen LogP contribution in [-0.4, -0.2) is 21.6 Å². The van der Waals surface area contributed by atoms with Crippen LogP contribution in [0.15, 0.2) is 18.5 Å². The molecule has 3 nitrogen and oxygen atoms in total. The third-order valence-electron chi connectivity index (χ3n) is 1.97. The maximum absolute atomic E-state index is 9.87. The molecule has 1 aromatic heterocycles. The monoisotopic (exact) mass is 226 g/mol. The van der Waals surface area contributed by atoms with Crippen molar-refractivity contribution in [3.8, 4) is 0 Å². The first-order chi connectivity index (χ1) is 7.11. The number of rotatable bonds is 5. The molecule has 3 N–H and O–H groups in total. The van der Waals surface area contributed by atoms with Gasteiger partial charge in [0.1, 0.15) is 0 Å². The van der Waals surface area contributed by atoms with Gasteiger partial charge in [-0.15, -0.1) is 0 Å². The number of aliphatic hydroxyl groups excluding tert-OH is 1. The zero-order valence-electron chi connectivity index (χ0n) is 9.18. The van der Waals surface area contributed by atoms with Gasteiger partial charge in [0.2, 0.25) is 0 Å². The van der Waals surface area contributed by atoms with Crippen LogP contribution in [-0.2, 0) is 0 Å². The molecule has 0 spiro atoms. The largest absolute Gasteiger partial charge is 0.398 e. The summed E-state index contributed by atoms with van der Waals surface area (Å²) >= 11 is 1.74. The van der Waals surface area contributed by atoms with E-state index in [4.69, 9.17) is 5.73 Å². The summed E-state index contributed by atoms with van der Waals surface area (Å²) in [6.45, 7) is 4.33. The lowest BCUT2D eigenvalue weighted by Crippen LogP contribution is -2.06. The van der Waals surface area contributed by atoms with Crippen molar-refractivity contribution in [1.82, 2.24) is 4.98 Å². The van der Waals surface area contributed by atoms with E-state index in [9.17, 15) is 5.11 Å². The van der Waals surface area contributed by atoms with E-state index in [0.717, 1.165) is 11.3 Å². The van der Waals surface area contributed by atoms with Crippen molar-refractivity contribution in [2.75, 3.05) is 17.2 Å². The summed E-state index contributed by atoms with van der Waals surface area (Å²) < 4.78 is 0. The number of thioether (sulfide) groups is 1. The topological polar surface area (TPSA) is 59.1 Å². The molecular formula is C11H18N2OS. The maximum Gasteiger partial charge on any atom is 0.0915 e. The van der Waals surface area contributed by atoms with Crippen LogP contribution in [0.2, 0.25) is 0 Å². The molecule has 0 radical (unpaired) electrons. The van der Waals surface area contributed by atoms with E-state index in [-0.39, 0.29) is 0 Å². The number of hydrogen-bond acceptors (Lipinski definition) is 4. The van der Waals surface area contributed by atoms with Gasteiger partial charge in [0.05, 0.1) is 6.10 Å². The fourth-order valence-electron chi connectivity index (χ4n) is 1.20. The van der Waals surface area contributed by atoms with Gasteiger partial charge in [-0.25, -0.2) is 0 Å². The van der Waals surface area contributed by atoms with Crippen molar-refractivity contribution in [2.24, 2.45) is 5.92 Å². The summed E-state index contributed by atoms with van der Waals surface area (Å²) in [6, 6.07) is 1.71. The van der Waals surface area contributed by atoms with E-state index in [2.05, 4.69) is 18.8 Å². The number of anilines is 1. The highest BCUT2D eigenvalue weighted by Gasteiger charge is 2.11. The average molecular weight is 226 g/mol. The Morgan fingerprint density at radius 1 is 1.47 bits per heavy atom. The Kier molecular flexibility index (Phi) is 4.91. The molecule has 1 atom stereocenters. The molecule has 15 heavy (non-hydrogen) atoms. The quantitative estimate of drug-likeness (QED) is 0.807. The fraction of sp³-hybridized carbons (Fsp3) is 0.545. The molecule has 0 aliphatic carbocycles. The molecule has 1 rings (SSSR count). The molecular weight excluding hydrogens is 208 g/mol. The Bertz CT molecular complexity index is 304. The van der Waals surface area contributed by atoms with Crippen LogP contribution in [0, 0.1) is 5.92 Å². The van der Waals surface area contributed by atoms with Crippen molar-refractivity contribution < 1.29 is 5.11 Å². The highest BCUT2D eigenvalue weighted by Crippen LogP contribution is 2.23. The molecule has 0 saturated heterocycles. The standard InChI is InChI=1S/C11H18N2OS/c1-8(2)6-15-7-11(14)9-5-13-4-3-10(9)12/h3-5,8,11,14H,6-7H2,1-2H3,(H2,12,13). The third-order valence-corrected chi connectivity index (χ3v) is 3.43. The summed E-state index contributed by atoms with van der Waals surface area (Å²) in [7, 11) is 0. The molecule has 0 fully saturated rings. The number of nitrogens with zero attached hydrogens (tertiary/aromatic N) is 1. The fourth-order valence-corrected chi connectivity index (χ4v) is 2.21. The molecule has 0 aromatic carbocycles. The van der Waals surface area contributed by atoms with Crippen molar-refractivity contribution in [3.63, 3.8) is 0 Å². The molecule has 4 heteroatoms. The van der Waals surface area contributed by atoms with E-state index in [1.165, 1.54) is 0 Å². The lowest BCUT2D eigenvalue weighted by Gasteiger charge is -2.13. The highest BCUT2D eigenvalue weighted by molar-refractivity contribution is 7.99. The van der Waals surface area contributed by atoms with Crippen LogP contribution in [0.4, 0.5) is 5.69 Å². The number of nitrogens with two attached hydrogens (primary N) is 1. The van der Waals surface area contributed by atoms with Crippen LogP contribution in [0.25, 0.3) is 0 Å². The molecule has 1 aromatic rings. The minimum Gasteiger partial charge on any atom is -0.398 e. The van der Waals surface area contributed by atoms with Gasteiger partial charge in [0.25, 0.3) is 0 Å². The van der Waals surface area contributed by atoms with E-state index in [1.54, 1.807) is 30.2 Å². The molecule has 1 heterocycles. The average Bonchev–Trinajstić information content (AvgIpc) is 2.17. The number of nitrogen functional groups attached to an aromatic ring is 1. The second-order valence-corrected chi connectivity index (χ2v) is 5.03. The molecule has 0 aliphatic rings. The van der Waals surface area contributed by atoms with E-state index < -0.39 is 6.10 Å². The summed E-state index contributed by atoms with van der Waals surface area (Å²) in [4.78, 5) is 3.96. The lowest BCUT2D eigenvalue weighted by atomic mass is 10.1. The Morgan fingerprint density at radius 3 is 2.80 bits per heavy atom. The first-order valence-electron chi connectivity index (χ1n) is 5.06. The minimum absolute atomic E-state index is 0.512. The van der Waals surface area contributed by atoms with E-state index in [1.807, 2.05) is 0 Å². The second kappa shape index (κ2) is 5.98. The predicted molar refractivity (Wildman–Crippen MR) is 65.8 cm³/mol. The Labute approximate surface area is 95.1 Å². The third kappa shape index (κ3) is 4.10. The second-order valence-electron chi connectivity index (χ2n) is 3.95. The van der Waals surface area contributed by atoms with Gasteiger partial charge in [-0.3, -0.25) is 4.98 Å². The minimum atomic E-state index is -0.512. The summed E-state index contributed by atoms with van der Waals surface area (Å²) in [6.07, 6.45) is 2.75. The van der Waals surface area contributed by atoms with Gasteiger partial charge < -0.3 is 10.8 Å². The predicted octanol–water partition coefficient (Wildman–Crippen LogP) is 2.09. The smallest absolute Gasteiger partial charge is 0.0915 e. The Morgan fingerprint density at radius 2 is 2.20 bits per heavy atom. The van der Waals surface area contributed by atoms with Gasteiger partial charge in [-0.2, -0.15) is 11.8 Å². The molecule has 0 aliphatic heterocycles. The molecule has 0 saturated carbocycles. The SMILES string of the molecule is CC(C)CSCC(O)c1cnccc1N. The highest BCUT2D eigenvalue weighted by atomic mass is 32.2. The van der Waals surface area contributed by atoms with Gasteiger partial charge in [0.15, 0.2) is 0 Å². The summed E-state index contributed by atoms with van der Waals surface area (Å²) in [5.74, 6) is 2.37. The van der Waals surface area contributed by atoms with Gasteiger partial charge in [0, 0.05) is 29.4 Å². The molecule has 1 unspecified atom stereocenters. The van der Waals surface area contributed by atoms with E-state index in [0.29, 0.717) is 17.4 Å². The van der Waals surface area contributed by atoms with Crippen LogP contribution in [0.1, 0.15) is 25.5 Å². The van der Waals surface area contributed by atoms with Crippen molar-refractivity contribution in [1.29, 1.82) is 0 Å². The summed E-state index contributed by atoms with van der Waals surface area (Å²) in [5, 5.41) is 9.87. The maximum atomic E-state index is 9.87. The molecule has 84 valence electrons. The van der Waals surface area contributed by atoms with Crippen LogP contribution in [0.5, 0.6) is 0 Å². The van der Waals surface area contributed by atoms with Gasteiger partial charge in [-0.05, 0) is 17.7 Å². The van der Waals surface area contributed by atoms with Crippen LogP contribution < -0.4 is 5.73 Å². The molecule has 0 bridgehead atoms. The van der Waals surface area contributed by atoms with Crippen molar-refractivity contribution >= 4 is 17.4 Å². The Hall–Kier alpha value is -0.740. The number of pyridine rings is 1. The number of aliphatic hydroxyl groups is 1. The van der Waals surface area contributed by atoms with Crippen LogP contribution in [0.3, 0.4) is 0 Å². The first kappa shape index (κ1) is 12.3. The van der Waals surface area contributed by atoms with Crippen molar-refractivity contribution in [3.05, 3.63) is 24.0 Å². The normalized spacial score (nSPS) is 13.1. The number of hydrogen-bond donors (Lipinski definition) is 2. The number of aromatic nitrogens is 1. The lowest BCUT2D eigenvalue weighted by molar-refractivity contribution is 0.204. The molecule has 0 amide bonds. The van der Waals surface area contributed by atoms with E-state index >= 15 is 0 Å².